The van der Waals surface area contributed by atoms with Crippen LogP contribution < -0.4 is 10.2 Å². The van der Waals surface area contributed by atoms with Crippen molar-refractivity contribution in [3.8, 4) is 0 Å². The van der Waals surface area contributed by atoms with E-state index in [0.717, 1.165) is 70.2 Å². The van der Waals surface area contributed by atoms with E-state index >= 15 is 0 Å². The van der Waals surface area contributed by atoms with Crippen LogP contribution in [0.5, 0.6) is 0 Å². The Labute approximate surface area is 283 Å². The van der Waals surface area contributed by atoms with E-state index in [1.54, 1.807) is 12.4 Å². The van der Waals surface area contributed by atoms with E-state index in [1.807, 2.05) is 109 Å². The molecule has 2 aliphatic rings. The van der Waals surface area contributed by atoms with Crippen LogP contribution in [0.3, 0.4) is 0 Å². The maximum atomic E-state index is 14.1. The van der Waals surface area contributed by atoms with Crippen LogP contribution in [-0.2, 0) is 62.2 Å². The van der Waals surface area contributed by atoms with Crippen molar-refractivity contribution in [1.29, 1.82) is 0 Å². The first-order valence-electron chi connectivity index (χ1n) is 15.5. The first kappa shape index (κ1) is 32.3. The molecule has 0 bridgehead atoms. The van der Waals surface area contributed by atoms with Crippen molar-refractivity contribution in [2.24, 2.45) is 0 Å². The minimum atomic E-state index is -2.03. The molecule has 6 nitrogen and oxygen atoms in total. The third-order valence-corrected chi connectivity index (χ3v) is 8.97. The first-order chi connectivity index (χ1) is 23.0. The molecular weight excluding hydrogens is 668 g/mol. The molecule has 2 aliphatic carbocycles. The van der Waals surface area contributed by atoms with Crippen LogP contribution in [0, 0.1) is 0 Å². The van der Waals surface area contributed by atoms with E-state index in [-0.39, 0.29) is 0 Å². The van der Waals surface area contributed by atoms with Gasteiger partial charge in [0.05, 0.1) is 0 Å². The summed E-state index contributed by atoms with van der Waals surface area (Å²) in [6.07, 6.45) is 6.97. The Morgan fingerprint density at radius 1 is 0.426 bits per heavy atom. The minimum absolute atomic E-state index is 0.566. The predicted octanol–water partition coefficient (Wildman–Crippen LogP) is 5.42. The second kappa shape index (κ2) is 14.4. The number of pyridine rings is 2. The topological polar surface area (TPSA) is 106 Å². The summed E-state index contributed by atoms with van der Waals surface area (Å²) in [5.74, 6) is 0. The van der Waals surface area contributed by atoms with Crippen LogP contribution in [-0.4, -0.2) is 9.97 Å². The number of hydrogen-bond donors (Lipinski definition) is 0. The molecular formula is C40H32MoN2O4. The number of fused-ring (bicyclic) bond motifs is 4. The molecule has 2 aromatic heterocycles. The molecule has 0 spiro atoms. The van der Waals surface area contributed by atoms with E-state index < -0.39 is 29.7 Å². The maximum absolute atomic E-state index is 14.1. The Kier molecular flexibility index (Phi) is 9.93. The van der Waals surface area contributed by atoms with Gasteiger partial charge in [0, 0.05) is 23.8 Å². The molecule has 2 heterocycles. The van der Waals surface area contributed by atoms with Gasteiger partial charge in [0.25, 0.3) is 0 Å². The summed E-state index contributed by atoms with van der Waals surface area (Å²) < 4.78 is 17.0. The molecule has 7 heteroatoms. The van der Waals surface area contributed by atoms with Crippen LogP contribution >= 0.6 is 0 Å². The van der Waals surface area contributed by atoms with E-state index in [1.165, 1.54) is 0 Å². The Morgan fingerprint density at radius 3 is 0.936 bits per heavy atom. The molecule has 0 radical (unpaired) electrons. The van der Waals surface area contributed by atoms with Crippen LogP contribution in [0.4, 0.5) is 0 Å². The van der Waals surface area contributed by atoms with Crippen LogP contribution in [0.1, 0.15) is 55.9 Å². The number of nitrogens with zero attached hydrogens (tertiary/aromatic N) is 2. The monoisotopic (exact) mass is 702 g/mol. The molecule has 4 aromatic carbocycles. The molecule has 0 unspecified atom stereocenters. The number of aromatic nitrogens is 2. The van der Waals surface area contributed by atoms with Crippen molar-refractivity contribution in [2.75, 3.05) is 0 Å². The summed E-state index contributed by atoms with van der Waals surface area (Å²) in [5.41, 5.74) is 6.08. The average molecular weight is 701 g/mol. The van der Waals surface area contributed by atoms with Gasteiger partial charge in [-0.2, -0.15) is 0 Å². The molecule has 6 aromatic rings. The van der Waals surface area contributed by atoms with Crippen molar-refractivity contribution in [2.45, 2.75) is 36.9 Å². The van der Waals surface area contributed by atoms with Gasteiger partial charge in [-0.05, 0) is 106 Å². The first-order valence-corrected chi connectivity index (χ1v) is 17.1. The number of rotatable bonds is 2. The van der Waals surface area contributed by atoms with Crippen molar-refractivity contribution in [3.63, 3.8) is 0 Å². The third-order valence-electron chi connectivity index (χ3n) is 8.97. The van der Waals surface area contributed by atoms with Crippen molar-refractivity contribution in [1.82, 2.24) is 9.97 Å². The van der Waals surface area contributed by atoms with Gasteiger partial charge in [0.1, 0.15) is 0 Å². The van der Waals surface area contributed by atoms with E-state index in [2.05, 4.69) is 34.2 Å². The van der Waals surface area contributed by atoms with Gasteiger partial charge < -0.3 is 10.2 Å². The fourth-order valence-electron chi connectivity index (χ4n) is 6.85. The molecule has 232 valence electrons. The fourth-order valence-corrected chi connectivity index (χ4v) is 6.85. The van der Waals surface area contributed by atoms with Crippen LogP contribution in [0.25, 0.3) is 0 Å². The SMILES string of the molecule is [O-]C1(c2ccccn2)c2ccccc2CCc2ccccc21.[O-]C1(c2ccccn2)c2ccccc2CCc2ccccc21.[O]=[Mo+2]=[O]. The third kappa shape index (κ3) is 6.25. The predicted molar refractivity (Wildman–Crippen MR) is 170 cm³/mol. The van der Waals surface area contributed by atoms with E-state index in [0.29, 0.717) is 11.4 Å². The van der Waals surface area contributed by atoms with E-state index in [4.69, 9.17) is 6.80 Å². The Bertz CT molecular complexity index is 1780. The molecule has 0 amide bonds. The zero-order chi connectivity index (χ0) is 32.7. The van der Waals surface area contributed by atoms with E-state index in [9.17, 15) is 10.2 Å². The van der Waals surface area contributed by atoms with Crippen molar-refractivity contribution >= 4 is 0 Å². The Balaban J connectivity index is 0.000000152. The van der Waals surface area contributed by atoms with Gasteiger partial charge in [-0.15, -0.1) is 0 Å². The quantitative estimate of drug-likeness (QED) is 0.224. The van der Waals surface area contributed by atoms with Crippen LogP contribution in [0.15, 0.2) is 146 Å². The Hall–Kier alpha value is -4.61. The number of benzene rings is 4. The summed E-state index contributed by atoms with van der Waals surface area (Å²) in [7, 11) is 0. The van der Waals surface area contributed by atoms with Gasteiger partial charge in [-0.25, -0.2) is 0 Å². The normalized spacial score (nSPS) is 14.7. The second-order valence-corrected chi connectivity index (χ2v) is 11.8. The summed E-state index contributed by atoms with van der Waals surface area (Å²) in [6.45, 7) is 0. The zero-order valence-electron chi connectivity index (χ0n) is 25.6. The summed E-state index contributed by atoms with van der Waals surface area (Å²) in [5, 5.41) is 28.3. The number of hydrogen-bond acceptors (Lipinski definition) is 6. The van der Waals surface area contributed by atoms with Crippen molar-refractivity contribution in [3.05, 3.63) is 202 Å². The van der Waals surface area contributed by atoms with Crippen molar-refractivity contribution < 1.29 is 35.5 Å². The molecule has 0 saturated heterocycles. The molecule has 0 N–H and O–H groups in total. The average Bonchev–Trinajstić information content (AvgIpc) is 3.35. The summed E-state index contributed by atoms with van der Waals surface area (Å²) in [6, 6.07) is 43.1. The van der Waals surface area contributed by atoms with Gasteiger partial charge in [0.2, 0.25) is 0 Å². The standard InChI is InChI=1S/2C20H16NO.Mo.2O/c2*22-20(19-11-5-6-14-21-19)17-9-3-1-7-15(17)12-13-16-8-2-4-10-18(16)20;;;/h2*1-11,14H,12-13H2;;;/q2*-1;+2;;. The Morgan fingerprint density at radius 2 is 0.681 bits per heavy atom. The van der Waals surface area contributed by atoms with Gasteiger partial charge in [0.15, 0.2) is 0 Å². The molecule has 0 aliphatic heterocycles. The molecule has 0 fully saturated rings. The fraction of sp³-hybridized carbons (Fsp3) is 0.150. The van der Waals surface area contributed by atoms with Gasteiger partial charge >= 0.3 is 25.3 Å². The molecule has 47 heavy (non-hydrogen) atoms. The van der Waals surface area contributed by atoms with Crippen LogP contribution in [0.2, 0.25) is 0 Å². The zero-order valence-corrected chi connectivity index (χ0v) is 27.6. The number of aryl methyl sites for hydroxylation is 4. The molecule has 0 atom stereocenters. The molecule has 0 saturated carbocycles. The second-order valence-electron chi connectivity index (χ2n) is 11.5. The summed E-state index contributed by atoms with van der Waals surface area (Å²) in [4.78, 5) is 8.80. The van der Waals surface area contributed by atoms with Gasteiger partial charge in [-0.1, -0.05) is 109 Å². The van der Waals surface area contributed by atoms with Gasteiger partial charge in [-0.3, -0.25) is 9.97 Å². The summed E-state index contributed by atoms with van der Waals surface area (Å²) >= 11 is -2.03. The molecule has 8 rings (SSSR count).